The van der Waals surface area contributed by atoms with Crippen molar-refractivity contribution in [2.45, 2.75) is 52.0 Å². The summed E-state index contributed by atoms with van der Waals surface area (Å²) in [6.45, 7) is 4.55. The van der Waals surface area contributed by atoms with E-state index in [0.29, 0.717) is 25.3 Å². The third-order valence-electron chi connectivity index (χ3n) is 3.91. The Balaban J connectivity index is 2.53. The van der Waals surface area contributed by atoms with Crippen molar-refractivity contribution in [1.29, 1.82) is 0 Å². The van der Waals surface area contributed by atoms with E-state index in [2.05, 4.69) is 5.32 Å². The maximum atomic E-state index is 12.0. The van der Waals surface area contributed by atoms with Crippen LogP contribution in [0.1, 0.15) is 46.0 Å². The molecule has 110 valence electrons. The Morgan fingerprint density at radius 1 is 1.37 bits per heavy atom. The molecule has 3 N–H and O–H groups in total. The van der Waals surface area contributed by atoms with Crippen molar-refractivity contribution in [1.82, 2.24) is 5.32 Å². The van der Waals surface area contributed by atoms with Crippen LogP contribution in [0.15, 0.2) is 0 Å². The van der Waals surface area contributed by atoms with Crippen LogP contribution >= 0.6 is 0 Å². The molecule has 1 saturated carbocycles. The summed E-state index contributed by atoms with van der Waals surface area (Å²) in [6.07, 6.45) is 4.15. The van der Waals surface area contributed by atoms with E-state index in [-0.39, 0.29) is 17.3 Å². The Hall–Kier alpha value is -1.10. The van der Waals surface area contributed by atoms with Crippen molar-refractivity contribution in [2.24, 2.45) is 17.1 Å². The molecular weight excluding hydrogens is 244 g/mol. The zero-order valence-corrected chi connectivity index (χ0v) is 12.2. The highest BCUT2D eigenvalue weighted by molar-refractivity contribution is 5.84. The van der Waals surface area contributed by atoms with Gasteiger partial charge in [0.1, 0.15) is 6.04 Å². The molecule has 5 heteroatoms. The highest BCUT2D eigenvalue weighted by atomic mass is 16.5. The summed E-state index contributed by atoms with van der Waals surface area (Å²) in [6, 6.07) is -0.549. The van der Waals surface area contributed by atoms with Gasteiger partial charge in [-0.25, -0.2) is 4.79 Å². The number of hydrogen-bond donors (Lipinski definition) is 2. The summed E-state index contributed by atoms with van der Waals surface area (Å²) >= 11 is 0. The van der Waals surface area contributed by atoms with Crippen LogP contribution in [-0.2, 0) is 14.3 Å². The lowest BCUT2D eigenvalue weighted by Gasteiger charge is -2.40. The van der Waals surface area contributed by atoms with Gasteiger partial charge in [0.2, 0.25) is 5.91 Å². The van der Waals surface area contributed by atoms with E-state index in [1.54, 1.807) is 0 Å². The topological polar surface area (TPSA) is 81.4 Å². The van der Waals surface area contributed by atoms with Gasteiger partial charge in [-0.3, -0.25) is 4.79 Å². The molecule has 0 spiro atoms. The number of hydrogen-bond acceptors (Lipinski definition) is 4. The fourth-order valence-corrected chi connectivity index (χ4v) is 2.54. The molecular formula is C14H26N2O3. The predicted molar refractivity (Wildman–Crippen MR) is 73.4 cm³/mol. The van der Waals surface area contributed by atoms with Crippen molar-refractivity contribution >= 4 is 11.9 Å². The molecule has 0 radical (unpaired) electrons. The lowest BCUT2D eigenvalue weighted by Crippen LogP contribution is -2.47. The number of carbonyl (C=O) groups is 2. The Labute approximate surface area is 115 Å². The van der Waals surface area contributed by atoms with E-state index < -0.39 is 6.04 Å². The standard InChI is InChI=1S/C14H26N2O3/c1-10(2)7-11(13(18)19-3)16-12(17)8-14(9-15)5-4-6-14/h10-11H,4-9,15H2,1-3H3,(H,16,17)/t11-/m0/s1. The van der Waals surface area contributed by atoms with Crippen LogP contribution in [0.4, 0.5) is 0 Å². The summed E-state index contributed by atoms with van der Waals surface area (Å²) < 4.78 is 4.73. The minimum absolute atomic E-state index is 0.0391. The Bertz CT molecular complexity index is 319. The van der Waals surface area contributed by atoms with Crippen LogP contribution in [0.2, 0.25) is 0 Å². The second kappa shape index (κ2) is 6.89. The quantitative estimate of drug-likeness (QED) is 0.681. The van der Waals surface area contributed by atoms with Crippen molar-refractivity contribution in [2.75, 3.05) is 13.7 Å². The summed E-state index contributed by atoms with van der Waals surface area (Å²) in [5.41, 5.74) is 5.70. The maximum absolute atomic E-state index is 12.0. The molecule has 0 aromatic carbocycles. The fourth-order valence-electron chi connectivity index (χ4n) is 2.54. The minimum atomic E-state index is -0.549. The number of nitrogens with one attached hydrogen (secondary N) is 1. The zero-order chi connectivity index (χ0) is 14.5. The third-order valence-corrected chi connectivity index (χ3v) is 3.91. The monoisotopic (exact) mass is 270 g/mol. The SMILES string of the molecule is COC(=O)[C@H](CC(C)C)NC(=O)CC1(CN)CCC1. The van der Waals surface area contributed by atoms with Crippen LogP contribution in [0.5, 0.6) is 0 Å². The van der Waals surface area contributed by atoms with Crippen LogP contribution in [0.25, 0.3) is 0 Å². The second-order valence-electron chi connectivity index (χ2n) is 6.01. The van der Waals surface area contributed by atoms with Crippen LogP contribution in [-0.4, -0.2) is 31.6 Å². The van der Waals surface area contributed by atoms with Gasteiger partial charge in [-0.05, 0) is 37.1 Å². The predicted octanol–water partition coefficient (Wildman–Crippen LogP) is 1.21. The van der Waals surface area contributed by atoms with E-state index in [0.717, 1.165) is 19.3 Å². The number of methoxy groups -OCH3 is 1. The molecule has 1 rings (SSSR count). The molecule has 0 aromatic rings. The first-order valence-electron chi connectivity index (χ1n) is 7.00. The van der Waals surface area contributed by atoms with Gasteiger partial charge in [0.05, 0.1) is 7.11 Å². The van der Waals surface area contributed by atoms with Crippen LogP contribution < -0.4 is 11.1 Å². The van der Waals surface area contributed by atoms with Gasteiger partial charge in [-0.15, -0.1) is 0 Å². The summed E-state index contributed by atoms with van der Waals surface area (Å²) in [7, 11) is 1.34. The Kier molecular flexibility index (Phi) is 5.79. The van der Waals surface area contributed by atoms with Crippen LogP contribution in [0, 0.1) is 11.3 Å². The van der Waals surface area contributed by atoms with E-state index >= 15 is 0 Å². The molecule has 1 atom stereocenters. The first-order valence-corrected chi connectivity index (χ1v) is 7.00. The number of carbonyl (C=O) groups excluding carboxylic acids is 2. The normalized spacial score (nSPS) is 18.6. The fraction of sp³-hybridized carbons (Fsp3) is 0.857. The molecule has 0 aromatic heterocycles. The van der Waals surface area contributed by atoms with E-state index in [9.17, 15) is 9.59 Å². The number of nitrogens with two attached hydrogens (primary N) is 1. The summed E-state index contributed by atoms with van der Waals surface area (Å²) in [5.74, 6) is -0.157. The van der Waals surface area contributed by atoms with Crippen molar-refractivity contribution in [3.8, 4) is 0 Å². The smallest absolute Gasteiger partial charge is 0.328 e. The molecule has 19 heavy (non-hydrogen) atoms. The van der Waals surface area contributed by atoms with Gasteiger partial charge in [-0.1, -0.05) is 20.3 Å². The molecule has 0 aliphatic heterocycles. The average Bonchev–Trinajstić information content (AvgIpc) is 2.31. The average molecular weight is 270 g/mol. The lowest BCUT2D eigenvalue weighted by atomic mass is 9.66. The van der Waals surface area contributed by atoms with E-state index in [4.69, 9.17) is 10.5 Å². The molecule has 1 amide bonds. The molecule has 0 bridgehead atoms. The molecule has 0 heterocycles. The molecule has 0 saturated heterocycles. The molecule has 1 fully saturated rings. The summed E-state index contributed by atoms with van der Waals surface area (Å²) in [4.78, 5) is 23.7. The van der Waals surface area contributed by atoms with Gasteiger partial charge in [-0.2, -0.15) is 0 Å². The molecule has 5 nitrogen and oxygen atoms in total. The highest BCUT2D eigenvalue weighted by Gasteiger charge is 2.38. The second-order valence-corrected chi connectivity index (χ2v) is 6.01. The number of rotatable bonds is 7. The lowest BCUT2D eigenvalue weighted by molar-refractivity contribution is -0.146. The number of ether oxygens (including phenoxy) is 1. The van der Waals surface area contributed by atoms with Crippen molar-refractivity contribution in [3.63, 3.8) is 0 Å². The minimum Gasteiger partial charge on any atom is -0.467 e. The maximum Gasteiger partial charge on any atom is 0.328 e. The van der Waals surface area contributed by atoms with Gasteiger partial charge in [0.15, 0.2) is 0 Å². The summed E-state index contributed by atoms with van der Waals surface area (Å²) in [5, 5.41) is 2.79. The van der Waals surface area contributed by atoms with Gasteiger partial charge < -0.3 is 15.8 Å². The number of esters is 1. The third kappa shape index (κ3) is 4.49. The first kappa shape index (κ1) is 16.0. The first-order chi connectivity index (χ1) is 8.92. The Morgan fingerprint density at radius 3 is 2.37 bits per heavy atom. The molecule has 1 aliphatic rings. The zero-order valence-electron chi connectivity index (χ0n) is 12.2. The van der Waals surface area contributed by atoms with Crippen molar-refractivity contribution in [3.05, 3.63) is 0 Å². The highest BCUT2D eigenvalue weighted by Crippen LogP contribution is 2.42. The Morgan fingerprint density at radius 2 is 2.00 bits per heavy atom. The number of amides is 1. The van der Waals surface area contributed by atoms with Gasteiger partial charge in [0.25, 0.3) is 0 Å². The molecule has 0 unspecified atom stereocenters. The van der Waals surface area contributed by atoms with Gasteiger partial charge in [0, 0.05) is 6.42 Å². The van der Waals surface area contributed by atoms with E-state index in [1.807, 2.05) is 13.8 Å². The van der Waals surface area contributed by atoms with Crippen molar-refractivity contribution < 1.29 is 14.3 Å². The van der Waals surface area contributed by atoms with Crippen LogP contribution in [0.3, 0.4) is 0 Å². The van der Waals surface area contributed by atoms with Gasteiger partial charge >= 0.3 is 5.97 Å². The van der Waals surface area contributed by atoms with E-state index in [1.165, 1.54) is 7.11 Å². The largest absolute Gasteiger partial charge is 0.467 e. The molecule has 1 aliphatic carbocycles.